The fraction of sp³-hybridized carbons (Fsp3) is 0.556. The van der Waals surface area contributed by atoms with Crippen molar-refractivity contribution in [3.63, 3.8) is 0 Å². The van der Waals surface area contributed by atoms with Crippen LogP contribution in [0, 0.1) is 5.92 Å². The third kappa shape index (κ3) is 7.34. The van der Waals surface area contributed by atoms with E-state index in [1.807, 2.05) is 30.4 Å². The number of carbonyl (C=O) groups excluding carboxylic acids is 2. The Bertz CT molecular complexity index is 1540. The Balaban J connectivity index is 1.38. The van der Waals surface area contributed by atoms with E-state index in [2.05, 4.69) is 28.7 Å². The molecular weight excluding hydrogens is 638 g/mol. The molecule has 0 aromatic heterocycles. The summed E-state index contributed by atoms with van der Waals surface area (Å²) >= 11 is 6.43. The molecule has 0 saturated carbocycles. The predicted octanol–water partition coefficient (Wildman–Crippen LogP) is 6.33. The van der Waals surface area contributed by atoms with Gasteiger partial charge in [0.05, 0.1) is 23.8 Å². The topological polar surface area (TPSA) is 97.4 Å². The van der Waals surface area contributed by atoms with Gasteiger partial charge < -0.3 is 24.0 Å². The van der Waals surface area contributed by atoms with Crippen LogP contribution in [0.15, 0.2) is 53.4 Å². The Morgan fingerprint density at radius 2 is 1.94 bits per heavy atom. The van der Waals surface area contributed by atoms with Crippen LogP contribution in [0.5, 0.6) is 5.75 Å². The number of nitrogens with zero attached hydrogens (tertiary/aromatic N) is 2. The minimum absolute atomic E-state index is 0.0281. The van der Waals surface area contributed by atoms with E-state index in [9.17, 15) is 13.8 Å². The van der Waals surface area contributed by atoms with Gasteiger partial charge in [0.1, 0.15) is 17.5 Å². The first-order chi connectivity index (χ1) is 22.6. The first-order valence-corrected chi connectivity index (χ1v) is 18.4. The lowest BCUT2D eigenvalue weighted by molar-refractivity contribution is -0.139. The molecule has 1 aliphatic carbocycles. The lowest BCUT2D eigenvalue weighted by Gasteiger charge is -2.41. The predicted molar refractivity (Wildman–Crippen MR) is 183 cm³/mol. The number of anilines is 1. The van der Waals surface area contributed by atoms with Crippen molar-refractivity contribution in [1.82, 2.24) is 9.62 Å². The monoisotopic (exact) mass is 683 g/mol. The van der Waals surface area contributed by atoms with Crippen molar-refractivity contribution in [3.8, 4) is 5.75 Å². The quantitative estimate of drug-likeness (QED) is 0.370. The van der Waals surface area contributed by atoms with E-state index < -0.39 is 28.6 Å². The summed E-state index contributed by atoms with van der Waals surface area (Å²) in [6.45, 7) is 8.85. The number of benzene rings is 2. The van der Waals surface area contributed by atoms with Gasteiger partial charge in [-0.1, -0.05) is 30.7 Å². The van der Waals surface area contributed by atoms with Gasteiger partial charge in [-0.3, -0.25) is 9.52 Å². The second kappa shape index (κ2) is 14.2. The molecule has 9 nitrogen and oxygen atoms in total. The molecule has 2 aromatic rings. The van der Waals surface area contributed by atoms with Crippen molar-refractivity contribution < 1.29 is 28.0 Å². The largest absolute Gasteiger partial charge is 0.490 e. The third-order valence-electron chi connectivity index (χ3n) is 10.2. The van der Waals surface area contributed by atoms with Gasteiger partial charge in [-0.05, 0) is 106 Å². The van der Waals surface area contributed by atoms with E-state index >= 15 is 0 Å². The second-order valence-corrected chi connectivity index (χ2v) is 15.4. The van der Waals surface area contributed by atoms with Crippen molar-refractivity contribution in [2.45, 2.75) is 87.7 Å². The van der Waals surface area contributed by atoms with Crippen LogP contribution in [0.2, 0.25) is 5.02 Å². The molecule has 6 rings (SSSR count). The Morgan fingerprint density at radius 3 is 2.72 bits per heavy atom. The number of ether oxygens (including phenoxy) is 3. The average molecular weight is 684 g/mol. The van der Waals surface area contributed by atoms with E-state index in [1.54, 1.807) is 24.8 Å². The Labute approximate surface area is 285 Å². The summed E-state index contributed by atoms with van der Waals surface area (Å²) < 4.78 is 34.9. The standard InChI is InChI=1S/C36H46ClN3O6S/c1-4-25-15-19-40-23-36(16-7-9-26-21-27(37)11-13-29(26)36)24-44-32-14-12-28(22-30(32)40)47(43)38-33(41)35(2,3)45-20-8-10-31(25)46-34(42)39-17-5-6-18-39/h8,10-14,21-22,25,31H,4-7,9,15-20,23-24H2,1-3H3,(H,38,41)/b10-8+/t25?,31?,36-,47?/m0/s1. The zero-order valence-corrected chi connectivity index (χ0v) is 29.2. The third-order valence-corrected chi connectivity index (χ3v) is 11.5. The van der Waals surface area contributed by atoms with Crippen molar-refractivity contribution in [1.29, 1.82) is 0 Å². The molecule has 11 heteroatoms. The van der Waals surface area contributed by atoms with Crippen molar-refractivity contribution in [2.75, 3.05) is 44.3 Å². The van der Waals surface area contributed by atoms with Crippen molar-refractivity contribution in [2.24, 2.45) is 5.92 Å². The highest BCUT2D eigenvalue weighted by Crippen LogP contribution is 2.45. The number of hydrogen-bond acceptors (Lipinski definition) is 7. The first-order valence-electron chi connectivity index (χ1n) is 16.9. The molecule has 1 fully saturated rings. The van der Waals surface area contributed by atoms with Gasteiger partial charge in [-0.2, -0.15) is 0 Å². The molecule has 0 radical (unpaired) electrons. The number of aryl methyl sites for hydroxylation is 1. The highest BCUT2D eigenvalue weighted by Gasteiger charge is 2.42. The molecule has 2 bridgehead atoms. The summed E-state index contributed by atoms with van der Waals surface area (Å²) in [4.78, 5) is 31.0. The molecule has 1 spiro atoms. The molecule has 4 atom stereocenters. The summed E-state index contributed by atoms with van der Waals surface area (Å²) in [6, 6.07) is 11.7. The van der Waals surface area contributed by atoms with Crippen LogP contribution in [-0.2, 0) is 37.1 Å². The van der Waals surface area contributed by atoms with Crippen LogP contribution >= 0.6 is 11.6 Å². The number of halogens is 1. The second-order valence-electron chi connectivity index (χ2n) is 13.7. The molecule has 254 valence electrons. The molecule has 2 amide bonds. The summed E-state index contributed by atoms with van der Waals surface area (Å²) in [7, 11) is -1.81. The summed E-state index contributed by atoms with van der Waals surface area (Å²) in [5.41, 5.74) is 1.84. The highest BCUT2D eigenvalue weighted by molar-refractivity contribution is 7.83. The smallest absolute Gasteiger partial charge is 0.410 e. The van der Waals surface area contributed by atoms with Crippen LogP contribution in [0.1, 0.15) is 70.4 Å². The Hall–Kier alpha value is -3.08. The summed E-state index contributed by atoms with van der Waals surface area (Å²) in [5, 5.41) is 0.736. The molecular formula is C36H46ClN3O6S. The molecule has 47 heavy (non-hydrogen) atoms. The Kier molecular flexibility index (Phi) is 10.2. The Morgan fingerprint density at radius 1 is 1.13 bits per heavy atom. The molecule has 1 N–H and O–H groups in total. The van der Waals surface area contributed by atoms with Gasteiger partial charge in [0.2, 0.25) is 0 Å². The van der Waals surface area contributed by atoms with E-state index in [0.29, 0.717) is 43.4 Å². The molecule has 1 saturated heterocycles. The molecule has 3 unspecified atom stereocenters. The number of carbonyl (C=O) groups is 2. The van der Waals surface area contributed by atoms with E-state index in [4.69, 9.17) is 25.8 Å². The maximum Gasteiger partial charge on any atom is 0.410 e. The number of rotatable bonds is 2. The van der Waals surface area contributed by atoms with Gasteiger partial charge in [-0.15, -0.1) is 0 Å². The van der Waals surface area contributed by atoms with Gasteiger partial charge >= 0.3 is 6.09 Å². The van der Waals surface area contributed by atoms with Gasteiger partial charge in [0.15, 0.2) is 11.0 Å². The minimum Gasteiger partial charge on any atom is -0.490 e. The lowest BCUT2D eigenvalue weighted by Crippen LogP contribution is -2.46. The zero-order chi connectivity index (χ0) is 33.2. The fourth-order valence-electron chi connectivity index (χ4n) is 7.33. The number of fused-ring (bicyclic) bond motifs is 3. The number of nitrogens with one attached hydrogen (secondary N) is 1. The maximum absolute atomic E-state index is 13.5. The van der Waals surface area contributed by atoms with E-state index in [-0.39, 0.29) is 24.0 Å². The van der Waals surface area contributed by atoms with Crippen molar-refractivity contribution >= 4 is 40.3 Å². The fourth-order valence-corrected chi connectivity index (χ4v) is 8.47. The normalized spacial score (nSPS) is 28.5. The van der Waals surface area contributed by atoms with Crippen LogP contribution < -0.4 is 14.4 Å². The highest BCUT2D eigenvalue weighted by atomic mass is 35.5. The van der Waals surface area contributed by atoms with Crippen LogP contribution in [0.4, 0.5) is 10.5 Å². The number of amides is 2. The SMILES string of the molecule is CCC1CCN2C[C@@]3(CCCc4cc(Cl)ccc43)COc3ccc(cc32)S(=O)NC(=O)C(C)(C)OC/C=C/C1OC(=O)N1CCCC1. The summed E-state index contributed by atoms with van der Waals surface area (Å²) in [5.74, 6) is 0.254. The zero-order valence-electron chi connectivity index (χ0n) is 27.6. The minimum atomic E-state index is -1.81. The molecule has 3 aliphatic heterocycles. The van der Waals surface area contributed by atoms with Crippen LogP contribution in [0.25, 0.3) is 0 Å². The van der Waals surface area contributed by atoms with E-state index in [1.165, 1.54) is 11.1 Å². The molecule has 3 heterocycles. The van der Waals surface area contributed by atoms with Gasteiger partial charge in [0, 0.05) is 42.5 Å². The number of hydrogen-bond donors (Lipinski definition) is 1. The lowest BCUT2D eigenvalue weighted by atomic mass is 9.70. The number of likely N-dealkylation sites (tertiary alicyclic amines) is 1. The van der Waals surface area contributed by atoms with Gasteiger partial charge in [0.25, 0.3) is 5.91 Å². The maximum atomic E-state index is 13.5. The van der Waals surface area contributed by atoms with Crippen LogP contribution in [0.3, 0.4) is 0 Å². The molecule has 4 aliphatic rings. The van der Waals surface area contributed by atoms with E-state index in [0.717, 1.165) is 55.7 Å². The summed E-state index contributed by atoms with van der Waals surface area (Å²) in [6.07, 6.45) is 9.45. The van der Waals surface area contributed by atoms with Crippen LogP contribution in [-0.4, -0.2) is 72.2 Å². The molecule has 2 aromatic carbocycles. The van der Waals surface area contributed by atoms with Crippen molar-refractivity contribution in [3.05, 3.63) is 64.7 Å². The first kappa shape index (κ1) is 33.8. The average Bonchev–Trinajstić information content (AvgIpc) is 3.55. The van der Waals surface area contributed by atoms with Gasteiger partial charge in [-0.25, -0.2) is 9.00 Å².